The Morgan fingerprint density at radius 3 is 2.29 bits per heavy atom. The Kier molecular flexibility index (Phi) is 3.76. The lowest BCUT2D eigenvalue weighted by Crippen LogP contribution is -2.53. The number of ether oxygens (including phenoxy) is 1. The fraction of sp³-hybridized carbons (Fsp3) is 0.667. The predicted octanol–water partition coefficient (Wildman–Crippen LogP) is 3.51. The minimum absolute atomic E-state index is 0.450. The van der Waals surface area contributed by atoms with Crippen LogP contribution in [-0.2, 0) is 0 Å². The second-order valence-corrected chi connectivity index (χ2v) is 6.94. The van der Waals surface area contributed by atoms with Gasteiger partial charge in [-0.1, -0.05) is 0 Å². The average Bonchev–Trinajstić information content (AvgIpc) is 3.03. The molecule has 1 aliphatic carbocycles. The number of anilines is 1. The third-order valence-corrected chi connectivity index (χ3v) is 5.47. The summed E-state index contributed by atoms with van der Waals surface area (Å²) in [6.07, 6.45) is 8.26. The molecule has 1 aromatic rings. The van der Waals surface area contributed by atoms with Gasteiger partial charge in [-0.15, -0.1) is 0 Å². The molecule has 1 atom stereocenters. The number of hydrogen-bond acceptors (Lipinski definition) is 3. The van der Waals surface area contributed by atoms with Gasteiger partial charge in [-0.05, 0) is 81.8 Å². The SMILES string of the molecule is c1cc(OC2CCCC2)ccc1N[C@@H]1CN2CCC1CC2. The van der Waals surface area contributed by atoms with Crippen LogP contribution < -0.4 is 10.1 Å². The molecule has 0 spiro atoms. The Bertz CT molecular complexity index is 459. The monoisotopic (exact) mass is 286 g/mol. The maximum atomic E-state index is 6.03. The molecule has 5 rings (SSSR count). The van der Waals surface area contributed by atoms with Gasteiger partial charge >= 0.3 is 0 Å². The van der Waals surface area contributed by atoms with E-state index in [1.54, 1.807) is 0 Å². The normalized spacial score (nSPS) is 32.3. The van der Waals surface area contributed by atoms with Crippen molar-refractivity contribution in [2.24, 2.45) is 5.92 Å². The molecular weight excluding hydrogens is 260 g/mol. The first-order valence-electron chi connectivity index (χ1n) is 8.62. The molecule has 21 heavy (non-hydrogen) atoms. The highest BCUT2D eigenvalue weighted by Crippen LogP contribution is 2.30. The summed E-state index contributed by atoms with van der Waals surface area (Å²) in [6.45, 7) is 3.82. The molecule has 3 aliphatic heterocycles. The van der Waals surface area contributed by atoms with Crippen LogP contribution in [0, 0.1) is 5.92 Å². The molecule has 0 aromatic heterocycles. The van der Waals surface area contributed by atoms with Gasteiger partial charge in [-0.3, -0.25) is 0 Å². The van der Waals surface area contributed by atoms with Gasteiger partial charge in [0, 0.05) is 18.3 Å². The van der Waals surface area contributed by atoms with Crippen LogP contribution in [0.5, 0.6) is 5.75 Å². The van der Waals surface area contributed by atoms with Gasteiger partial charge in [0.15, 0.2) is 0 Å². The molecular formula is C18H26N2O. The van der Waals surface area contributed by atoms with E-state index in [1.807, 2.05) is 0 Å². The van der Waals surface area contributed by atoms with Crippen molar-refractivity contribution in [3.8, 4) is 5.75 Å². The summed E-state index contributed by atoms with van der Waals surface area (Å²) >= 11 is 0. The van der Waals surface area contributed by atoms with E-state index in [4.69, 9.17) is 4.74 Å². The van der Waals surface area contributed by atoms with E-state index in [0.717, 1.165) is 11.7 Å². The molecule has 3 nitrogen and oxygen atoms in total. The van der Waals surface area contributed by atoms with Gasteiger partial charge in [0.1, 0.15) is 5.75 Å². The van der Waals surface area contributed by atoms with E-state index in [2.05, 4.69) is 34.5 Å². The van der Waals surface area contributed by atoms with Crippen molar-refractivity contribution in [3.05, 3.63) is 24.3 Å². The molecule has 114 valence electrons. The van der Waals surface area contributed by atoms with E-state index < -0.39 is 0 Å². The van der Waals surface area contributed by atoms with Gasteiger partial charge in [0.05, 0.1) is 6.10 Å². The third-order valence-electron chi connectivity index (χ3n) is 5.47. The van der Waals surface area contributed by atoms with Crippen molar-refractivity contribution in [1.82, 2.24) is 4.90 Å². The average molecular weight is 286 g/mol. The molecule has 2 bridgehead atoms. The number of rotatable bonds is 4. The largest absolute Gasteiger partial charge is 0.490 e. The Morgan fingerprint density at radius 2 is 1.67 bits per heavy atom. The molecule has 0 radical (unpaired) electrons. The van der Waals surface area contributed by atoms with Crippen molar-refractivity contribution in [1.29, 1.82) is 0 Å². The molecule has 3 heteroatoms. The zero-order valence-corrected chi connectivity index (χ0v) is 12.8. The van der Waals surface area contributed by atoms with Crippen LogP contribution in [0.2, 0.25) is 0 Å². The fourth-order valence-electron chi connectivity index (χ4n) is 4.17. The molecule has 4 aliphatic rings. The summed E-state index contributed by atoms with van der Waals surface area (Å²) in [7, 11) is 0. The van der Waals surface area contributed by atoms with Gasteiger partial charge in [0.25, 0.3) is 0 Å². The van der Waals surface area contributed by atoms with Crippen molar-refractivity contribution in [2.45, 2.75) is 50.7 Å². The lowest BCUT2D eigenvalue weighted by Gasteiger charge is -2.45. The minimum atomic E-state index is 0.450. The van der Waals surface area contributed by atoms with E-state index in [0.29, 0.717) is 12.1 Å². The Hall–Kier alpha value is -1.22. The van der Waals surface area contributed by atoms with Crippen LogP contribution in [0.15, 0.2) is 24.3 Å². The number of piperidine rings is 3. The molecule has 4 fully saturated rings. The molecule has 0 unspecified atom stereocenters. The van der Waals surface area contributed by atoms with Crippen molar-refractivity contribution in [3.63, 3.8) is 0 Å². The standard InChI is InChI=1S/C18H26N2O/c1-2-4-16(3-1)21-17-7-5-15(6-8-17)19-18-13-20-11-9-14(18)10-12-20/h5-8,14,16,18-19H,1-4,9-13H2/t18-/m1/s1. The molecule has 1 saturated carbocycles. The van der Waals surface area contributed by atoms with Crippen molar-refractivity contribution < 1.29 is 4.74 Å². The van der Waals surface area contributed by atoms with Gasteiger partial charge in [-0.25, -0.2) is 0 Å². The fourth-order valence-corrected chi connectivity index (χ4v) is 4.17. The van der Waals surface area contributed by atoms with Gasteiger partial charge in [-0.2, -0.15) is 0 Å². The molecule has 0 amide bonds. The number of nitrogens with one attached hydrogen (secondary N) is 1. The van der Waals surface area contributed by atoms with Crippen LogP contribution in [-0.4, -0.2) is 36.7 Å². The van der Waals surface area contributed by atoms with Crippen LogP contribution in [0.3, 0.4) is 0 Å². The molecule has 3 saturated heterocycles. The van der Waals surface area contributed by atoms with Crippen LogP contribution in [0.4, 0.5) is 5.69 Å². The first kappa shape index (κ1) is 13.4. The zero-order valence-electron chi connectivity index (χ0n) is 12.8. The van der Waals surface area contributed by atoms with E-state index in [-0.39, 0.29) is 0 Å². The van der Waals surface area contributed by atoms with E-state index >= 15 is 0 Å². The van der Waals surface area contributed by atoms with Gasteiger partial charge < -0.3 is 15.0 Å². The summed E-state index contributed by atoms with van der Waals surface area (Å²) in [5.74, 6) is 1.89. The first-order chi connectivity index (χ1) is 10.4. The first-order valence-corrected chi connectivity index (χ1v) is 8.62. The number of nitrogens with zero attached hydrogens (tertiary/aromatic N) is 1. The van der Waals surface area contributed by atoms with Crippen molar-refractivity contribution in [2.75, 3.05) is 25.0 Å². The Morgan fingerprint density at radius 1 is 0.952 bits per heavy atom. The second-order valence-electron chi connectivity index (χ2n) is 6.94. The van der Waals surface area contributed by atoms with Crippen LogP contribution >= 0.6 is 0 Å². The maximum absolute atomic E-state index is 6.03. The van der Waals surface area contributed by atoms with Crippen LogP contribution in [0.25, 0.3) is 0 Å². The smallest absolute Gasteiger partial charge is 0.119 e. The zero-order chi connectivity index (χ0) is 14.1. The summed E-state index contributed by atoms with van der Waals surface area (Å²) in [5, 5.41) is 3.74. The number of hydrogen-bond donors (Lipinski definition) is 1. The molecule has 3 heterocycles. The summed E-state index contributed by atoms with van der Waals surface area (Å²) in [4.78, 5) is 2.59. The summed E-state index contributed by atoms with van der Waals surface area (Å²) in [6, 6.07) is 9.25. The van der Waals surface area contributed by atoms with E-state index in [1.165, 1.54) is 63.8 Å². The van der Waals surface area contributed by atoms with Crippen LogP contribution in [0.1, 0.15) is 38.5 Å². The third kappa shape index (κ3) is 3.03. The lowest BCUT2D eigenvalue weighted by molar-refractivity contribution is 0.0975. The number of benzene rings is 1. The Labute approximate surface area is 127 Å². The topological polar surface area (TPSA) is 24.5 Å². The second kappa shape index (κ2) is 5.88. The molecule has 1 N–H and O–H groups in total. The molecule has 1 aromatic carbocycles. The quantitative estimate of drug-likeness (QED) is 0.916. The summed E-state index contributed by atoms with van der Waals surface area (Å²) in [5.41, 5.74) is 1.24. The van der Waals surface area contributed by atoms with Gasteiger partial charge in [0.2, 0.25) is 0 Å². The maximum Gasteiger partial charge on any atom is 0.119 e. The van der Waals surface area contributed by atoms with E-state index in [9.17, 15) is 0 Å². The Balaban J connectivity index is 1.35. The number of fused-ring (bicyclic) bond motifs is 3. The highest BCUT2D eigenvalue weighted by Gasteiger charge is 2.33. The predicted molar refractivity (Wildman–Crippen MR) is 85.9 cm³/mol. The minimum Gasteiger partial charge on any atom is -0.490 e. The highest BCUT2D eigenvalue weighted by atomic mass is 16.5. The summed E-state index contributed by atoms with van der Waals surface area (Å²) < 4.78 is 6.03. The lowest BCUT2D eigenvalue weighted by atomic mass is 9.84. The highest BCUT2D eigenvalue weighted by molar-refractivity contribution is 5.47. The van der Waals surface area contributed by atoms with Crippen molar-refractivity contribution >= 4 is 5.69 Å².